The zero-order valence-electron chi connectivity index (χ0n) is 33.1. The molecule has 12 aromatic rings. The van der Waals surface area contributed by atoms with Gasteiger partial charge in [0.25, 0.3) is 0 Å². The molecule has 0 spiro atoms. The zero-order valence-corrected chi connectivity index (χ0v) is 33.1. The van der Waals surface area contributed by atoms with E-state index in [1.807, 2.05) is 12.1 Å². The summed E-state index contributed by atoms with van der Waals surface area (Å²) in [5.74, 6) is 0.673. The minimum atomic E-state index is 0.673. The molecule has 10 aromatic carbocycles. The molecule has 0 radical (unpaired) electrons. The van der Waals surface area contributed by atoms with Gasteiger partial charge in [0.2, 0.25) is 0 Å². The van der Waals surface area contributed by atoms with Crippen molar-refractivity contribution in [2.24, 2.45) is 0 Å². The Morgan fingerprint density at radius 3 is 1.72 bits per heavy atom. The van der Waals surface area contributed by atoms with Gasteiger partial charge in [-0.15, -0.1) is 0 Å². The second kappa shape index (κ2) is 14.3. The predicted molar refractivity (Wildman–Crippen MR) is 254 cm³/mol. The van der Waals surface area contributed by atoms with E-state index >= 15 is 0 Å². The number of furan rings is 1. The van der Waals surface area contributed by atoms with Gasteiger partial charge in [0.05, 0.1) is 11.4 Å². The number of nitrogens with zero attached hydrogens (tertiary/aromatic N) is 2. The van der Waals surface area contributed by atoms with E-state index in [0.29, 0.717) is 5.82 Å². The van der Waals surface area contributed by atoms with Crippen LogP contribution in [-0.4, -0.2) is 9.97 Å². The number of benzene rings is 10. The molecule has 3 heteroatoms. The first-order chi connectivity index (χ1) is 30.2. The van der Waals surface area contributed by atoms with Crippen molar-refractivity contribution >= 4 is 54.3 Å². The van der Waals surface area contributed by atoms with Gasteiger partial charge in [0.1, 0.15) is 11.2 Å². The molecule has 0 atom stereocenters. The van der Waals surface area contributed by atoms with Crippen molar-refractivity contribution in [1.29, 1.82) is 0 Å². The third-order valence-corrected chi connectivity index (χ3v) is 12.1. The molecule has 0 bridgehead atoms. The van der Waals surface area contributed by atoms with Gasteiger partial charge in [0.15, 0.2) is 5.82 Å². The van der Waals surface area contributed by atoms with Crippen LogP contribution in [0.15, 0.2) is 223 Å². The highest BCUT2D eigenvalue weighted by molar-refractivity contribution is 6.20. The van der Waals surface area contributed by atoms with Crippen molar-refractivity contribution in [2.45, 2.75) is 0 Å². The van der Waals surface area contributed by atoms with E-state index in [1.54, 1.807) is 0 Å². The van der Waals surface area contributed by atoms with Crippen molar-refractivity contribution < 1.29 is 4.42 Å². The van der Waals surface area contributed by atoms with Crippen LogP contribution in [0.25, 0.3) is 122 Å². The van der Waals surface area contributed by atoms with Crippen LogP contribution in [0.1, 0.15) is 0 Å². The van der Waals surface area contributed by atoms with Gasteiger partial charge in [-0.3, -0.25) is 0 Å². The number of para-hydroxylation sites is 2. The highest BCUT2D eigenvalue weighted by Gasteiger charge is 2.17. The SMILES string of the molecule is c1ccc(-c2ccccc2-c2cc(-c3ccc(-c4cccc5c4oc4ccccc45)cc3)nc(-c3ccc(-c4c5ccccc5cc5c4ccc4ccccc45)cc3)n2)cc1. The van der Waals surface area contributed by atoms with Crippen LogP contribution in [0.2, 0.25) is 0 Å². The van der Waals surface area contributed by atoms with Gasteiger partial charge < -0.3 is 4.42 Å². The molecule has 0 N–H and O–H groups in total. The molecule has 12 rings (SSSR count). The minimum Gasteiger partial charge on any atom is -0.455 e. The van der Waals surface area contributed by atoms with E-state index in [1.165, 1.54) is 37.9 Å². The molecule has 2 heterocycles. The molecular weight excluding hydrogens is 741 g/mol. The summed E-state index contributed by atoms with van der Waals surface area (Å²) < 4.78 is 6.41. The van der Waals surface area contributed by atoms with Crippen LogP contribution in [-0.2, 0) is 0 Å². The Morgan fingerprint density at radius 1 is 0.295 bits per heavy atom. The first-order valence-corrected chi connectivity index (χ1v) is 20.7. The fourth-order valence-electron chi connectivity index (χ4n) is 9.15. The first kappa shape index (κ1) is 34.9. The monoisotopic (exact) mass is 776 g/mol. The fourth-order valence-corrected chi connectivity index (χ4v) is 9.15. The van der Waals surface area contributed by atoms with Crippen molar-refractivity contribution in [3.05, 3.63) is 218 Å². The van der Waals surface area contributed by atoms with Crippen LogP contribution >= 0.6 is 0 Å². The molecule has 0 fully saturated rings. The summed E-state index contributed by atoms with van der Waals surface area (Å²) in [6, 6.07) is 77.5. The van der Waals surface area contributed by atoms with Crippen molar-refractivity contribution in [3.8, 4) is 67.3 Å². The van der Waals surface area contributed by atoms with Crippen molar-refractivity contribution in [1.82, 2.24) is 9.97 Å². The summed E-state index contributed by atoms with van der Waals surface area (Å²) in [5, 5.41) is 9.70. The lowest BCUT2D eigenvalue weighted by atomic mass is 9.89. The van der Waals surface area contributed by atoms with Crippen molar-refractivity contribution in [2.75, 3.05) is 0 Å². The molecule has 0 amide bonds. The Kier molecular flexibility index (Phi) is 8.17. The number of fused-ring (bicyclic) bond motifs is 7. The first-order valence-electron chi connectivity index (χ1n) is 20.7. The highest BCUT2D eigenvalue weighted by atomic mass is 16.3. The average molecular weight is 777 g/mol. The summed E-state index contributed by atoms with van der Waals surface area (Å²) in [6.07, 6.45) is 0. The van der Waals surface area contributed by atoms with Gasteiger partial charge in [-0.25, -0.2) is 9.97 Å². The molecule has 0 aliphatic heterocycles. The Morgan fingerprint density at radius 2 is 0.885 bits per heavy atom. The molecule has 284 valence electrons. The molecule has 3 nitrogen and oxygen atoms in total. The van der Waals surface area contributed by atoms with Crippen LogP contribution < -0.4 is 0 Å². The normalized spacial score (nSPS) is 11.6. The Bertz CT molecular complexity index is 3620. The molecule has 61 heavy (non-hydrogen) atoms. The number of hydrogen-bond donors (Lipinski definition) is 0. The maximum atomic E-state index is 6.41. The lowest BCUT2D eigenvalue weighted by Crippen LogP contribution is -1.97. The Balaban J connectivity index is 0.995. The van der Waals surface area contributed by atoms with Gasteiger partial charge in [-0.05, 0) is 78.3 Å². The summed E-state index contributed by atoms with van der Waals surface area (Å²) in [7, 11) is 0. The van der Waals surface area contributed by atoms with E-state index < -0.39 is 0 Å². The topological polar surface area (TPSA) is 38.9 Å². The predicted octanol–water partition coefficient (Wildman–Crippen LogP) is 15.8. The van der Waals surface area contributed by atoms with Gasteiger partial charge in [-0.2, -0.15) is 0 Å². The Hall–Kier alpha value is -8.14. The van der Waals surface area contributed by atoms with Crippen LogP contribution in [0, 0.1) is 0 Å². The summed E-state index contributed by atoms with van der Waals surface area (Å²) in [4.78, 5) is 10.6. The molecule has 0 saturated heterocycles. The van der Waals surface area contributed by atoms with Crippen LogP contribution in [0.5, 0.6) is 0 Å². The standard InChI is InChI=1S/C58H36N2O/c1-2-13-37(14-3-1)44-17-8-9-20-48(44)54-36-53(40-27-25-39(26-28-40)47-22-12-23-51-49-21-10-11-24-55(49)61-57(47)51)59-58(60-54)42-31-29-41(30-32-42)56-46-19-7-5-16-43(46)35-52-45-18-6-4-15-38(45)33-34-50(52)56/h1-36H. The fraction of sp³-hybridized carbons (Fsp3) is 0. The van der Waals surface area contributed by atoms with Crippen molar-refractivity contribution in [3.63, 3.8) is 0 Å². The minimum absolute atomic E-state index is 0.673. The lowest BCUT2D eigenvalue weighted by molar-refractivity contribution is 0.670. The van der Waals surface area contributed by atoms with Gasteiger partial charge >= 0.3 is 0 Å². The maximum Gasteiger partial charge on any atom is 0.160 e. The third kappa shape index (κ3) is 5.98. The van der Waals surface area contributed by atoms with Gasteiger partial charge in [0, 0.05) is 33.0 Å². The van der Waals surface area contributed by atoms with Gasteiger partial charge in [-0.1, -0.05) is 200 Å². The molecule has 0 aliphatic carbocycles. The molecule has 0 aliphatic rings. The molecule has 2 aromatic heterocycles. The van der Waals surface area contributed by atoms with E-state index in [2.05, 4.69) is 206 Å². The third-order valence-electron chi connectivity index (χ3n) is 12.1. The Labute approximate surface area is 352 Å². The second-order valence-electron chi connectivity index (χ2n) is 15.7. The van der Waals surface area contributed by atoms with E-state index in [-0.39, 0.29) is 0 Å². The number of aromatic nitrogens is 2. The van der Waals surface area contributed by atoms with E-state index in [4.69, 9.17) is 14.4 Å². The number of hydrogen-bond acceptors (Lipinski definition) is 3. The van der Waals surface area contributed by atoms with E-state index in [0.717, 1.165) is 77.8 Å². The summed E-state index contributed by atoms with van der Waals surface area (Å²) in [5.41, 5.74) is 13.3. The van der Waals surface area contributed by atoms with Crippen LogP contribution in [0.3, 0.4) is 0 Å². The maximum absolute atomic E-state index is 6.41. The average Bonchev–Trinajstić information content (AvgIpc) is 3.73. The quantitative estimate of drug-likeness (QED) is 0.125. The number of rotatable bonds is 6. The molecular formula is C58H36N2O. The molecule has 0 saturated carbocycles. The molecule has 0 unspecified atom stereocenters. The highest BCUT2D eigenvalue weighted by Crippen LogP contribution is 2.41. The van der Waals surface area contributed by atoms with Crippen LogP contribution in [0.4, 0.5) is 0 Å². The lowest BCUT2D eigenvalue weighted by Gasteiger charge is -2.15. The smallest absolute Gasteiger partial charge is 0.160 e. The van der Waals surface area contributed by atoms with E-state index in [9.17, 15) is 0 Å². The largest absolute Gasteiger partial charge is 0.455 e. The zero-order chi connectivity index (χ0) is 40.3. The summed E-state index contributed by atoms with van der Waals surface area (Å²) >= 11 is 0. The summed E-state index contributed by atoms with van der Waals surface area (Å²) in [6.45, 7) is 0. The second-order valence-corrected chi connectivity index (χ2v) is 15.7.